The van der Waals surface area contributed by atoms with E-state index < -0.39 is 0 Å². The molecule has 0 heterocycles. The van der Waals surface area contributed by atoms with Crippen LogP contribution in [0.2, 0.25) is 0 Å². The average molecular weight is 172 g/mol. The Bertz CT molecular complexity index is 335. The van der Waals surface area contributed by atoms with Crippen molar-refractivity contribution in [2.75, 3.05) is 0 Å². The summed E-state index contributed by atoms with van der Waals surface area (Å²) in [6.07, 6.45) is 12.7. The molecule has 0 aromatic carbocycles. The molecule has 0 radical (unpaired) electrons. The van der Waals surface area contributed by atoms with Crippen LogP contribution in [0.4, 0.5) is 0 Å². The summed E-state index contributed by atoms with van der Waals surface area (Å²) in [7, 11) is 0. The molecular formula is C13H16. The lowest BCUT2D eigenvalue weighted by atomic mass is 9.91. The number of rotatable bonds is 2. The van der Waals surface area contributed by atoms with Gasteiger partial charge in [0.2, 0.25) is 0 Å². The molecule has 0 fully saturated rings. The Morgan fingerprint density at radius 3 is 2.69 bits per heavy atom. The fraction of sp³-hybridized carbons (Fsp3) is 0.385. The Morgan fingerprint density at radius 1 is 1.15 bits per heavy atom. The van der Waals surface area contributed by atoms with Gasteiger partial charge in [0.25, 0.3) is 0 Å². The van der Waals surface area contributed by atoms with Crippen molar-refractivity contribution in [2.24, 2.45) is 0 Å². The summed E-state index contributed by atoms with van der Waals surface area (Å²) < 4.78 is 0. The minimum Gasteiger partial charge on any atom is -0.0723 e. The minimum absolute atomic E-state index is 1.15. The highest BCUT2D eigenvalue weighted by atomic mass is 14.2. The van der Waals surface area contributed by atoms with E-state index in [4.69, 9.17) is 0 Å². The van der Waals surface area contributed by atoms with E-state index in [1.165, 1.54) is 23.1 Å². The van der Waals surface area contributed by atoms with Gasteiger partial charge in [-0.15, -0.1) is 0 Å². The summed E-state index contributed by atoms with van der Waals surface area (Å²) in [5.74, 6) is 0. The molecule has 0 amide bonds. The maximum Gasteiger partial charge on any atom is -0.0126 e. The largest absolute Gasteiger partial charge is 0.0723 e. The maximum absolute atomic E-state index is 2.38. The molecule has 0 atom stereocenters. The standard InChI is InChI=1S/C13H16/c1-3-10-5-8-13-11(4-2)6-7-12(13)9-10/h6-9H,3-5H2,1-2H3. The van der Waals surface area contributed by atoms with Gasteiger partial charge >= 0.3 is 0 Å². The van der Waals surface area contributed by atoms with E-state index in [1.807, 2.05) is 0 Å². The third kappa shape index (κ3) is 1.41. The van der Waals surface area contributed by atoms with Crippen LogP contribution in [0, 0.1) is 0 Å². The van der Waals surface area contributed by atoms with Crippen LogP contribution in [0.3, 0.4) is 0 Å². The van der Waals surface area contributed by atoms with E-state index in [2.05, 4.69) is 38.2 Å². The molecule has 13 heavy (non-hydrogen) atoms. The van der Waals surface area contributed by atoms with Crippen LogP contribution in [0.25, 0.3) is 0 Å². The Kier molecular flexibility index (Phi) is 2.22. The summed E-state index contributed by atoms with van der Waals surface area (Å²) in [5, 5.41) is 0. The van der Waals surface area contributed by atoms with Gasteiger partial charge < -0.3 is 0 Å². The van der Waals surface area contributed by atoms with Crippen LogP contribution < -0.4 is 0 Å². The van der Waals surface area contributed by atoms with Crippen molar-refractivity contribution in [3.8, 4) is 0 Å². The first-order valence-corrected chi connectivity index (χ1v) is 5.16. The molecule has 0 spiro atoms. The highest BCUT2D eigenvalue weighted by Gasteiger charge is 2.15. The van der Waals surface area contributed by atoms with Crippen LogP contribution in [0.5, 0.6) is 0 Å². The molecule has 2 aliphatic carbocycles. The van der Waals surface area contributed by atoms with E-state index in [0.29, 0.717) is 0 Å². The van der Waals surface area contributed by atoms with Gasteiger partial charge in [0.15, 0.2) is 0 Å². The van der Waals surface area contributed by atoms with Gasteiger partial charge in [0.1, 0.15) is 0 Å². The Labute approximate surface area is 80.3 Å². The van der Waals surface area contributed by atoms with Gasteiger partial charge in [-0.3, -0.25) is 0 Å². The number of allylic oxidation sites excluding steroid dienone is 8. The monoisotopic (exact) mass is 172 g/mol. The molecule has 0 aliphatic heterocycles. The first-order chi connectivity index (χ1) is 6.35. The minimum atomic E-state index is 1.15. The highest BCUT2D eigenvalue weighted by molar-refractivity contribution is 5.61. The second kappa shape index (κ2) is 3.37. The Hall–Kier alpha value is -1.04. The fourth-order valence-electron chi connectivity index (χ4n) is 2.00. The van der Waals surface area contributed by atoms with E-state index >= 15 is 0 Å². The molecule has 0 nitrogen and oxygen atoms in total. The topological polar surface area (TPSA) is 0 Å². The number of hydrogen-bond acceptors (Lipinski definition) is 0. The average Bonchev–Trinajstić information content (AvgIpc) is 2.59. The Balaban J connectivity index is 2.25. The molecule has 2 rings (SSSR count). The number of hydrogen-bond donors (Lipinski definition) is 0. The maximum atomic E-state index is 2.38. The quantitative estimate of drug-likeness (QED) is 0.592. The summed E-state index contributed by atoms with van der Waals surface area (Å²) in [4.78, 5) is 0. The van der Waals surface area contributed by atoms with E-state index in [0.717, 1.165) is 12.8 Å². The van der Waals surface area contributed by atoms with E-state index in [1.54, 1.807) is 5.57 Å². The van der Waals surface area contributed by atoms with Gasteiger partial charge in [0.05, 0.1) is 0 Å². The molecule has 0 unspecified atom stereocenters. The zero-order valence-electron chi connectivity index (χ0n) is 8.43. The Morgan fingerprint density at radius 2 is 2.00 bits per heavy atom. The van der Waals surface area contributed by atoms with Gasteiger partial charge in [0, 0.05) is 0 Å². The van der Waals surface area contributed by atoms with Crippen molar-refractivity contribution in [1.82, 2.24) is 0 Å². The van der Waals surface area contributed by atoms with E-state index in [-0.39, 0.29) is 0 Å². The van der Waals surface area contributed by atoms with Crippen LogP contribution in [0.15, 0.2) is 46.6 Å². The molecule has 0 bridgehead atoms. The molecule has 0 aromatic rings. The van der Waals surface area contributed by atoms with Crippen LogP contribution in [0.1, 0.15) is 33.1 Å². The predicted molar refractivity (Wildman–Crippen MR) is 57.5 cm³/mol. The first-order valence-electron chi connectivity index (χ1n) is 5.16. The summed E-state index contributed by atoms with van der Waals surface area (Å²) in [5.41, 5.74) is 5.97. The van der Waals surface area contributed by atoms with Crippen molar-refractivity contribution >= 4 is 0 Å². The zero-order valence-corrected chi connectivity index (χ0v) is 8.43. The van der Waals surface area contributed by atoms with Crippen LogP contribution in [-0.4, -0.2) is 0 Å². The lowest BCUT2D eigenvalue weighted by Gasteiger charge is -2.14. The van der Waals surface area contributed by atoms with Gasteiger partial charge in [-0.25, -0.2) is 0 Å². The normalized spacial score (nSPS) is 20.2. The van der Waals surface area contributed by atoms with Crippen molar-refractivity contribution in [1.29, 1.82) is 0 Å². The second-order valence-electron chi connectivity index (χ2n) is 3.65. The van der Waals surface area contributed by atoms with Crippen LogP contribution >= 0.6 is 0 Å². The van der Waals surface area contributed by atoms with Crippen molar-refractivity contribution in [2.45, 2.75) is 33.1 Å². The first kappa shape index (κ1) is 8.55. The molecule has 0 aromatic heterocycles. The molecule has 68 valence electrons. The lowest BCUT2D eigenvalue weighted by Crippen LogP contribution is -1.95. The molecule has 0 saturated heterocycles. The van der Waals surface area contributed by atoms with Gasteiger partial charge in [-0.05, 0) is 36.0 Å². The lowest BCUT2D eigenvalue weighted by molar-refractivity contribution is 1.00. The smallest absolute Gasteiger partial charge is 0.0126 e. The second-order valence-corrected chi connectivity index (χ2v) is 3.65. The molecule has 0 saturated carbocycles. The van der Waals surface area contributed by atoms with E-state index in [9.17, 15) is 0 Å². The van der Waals surface area contributed by atoms with Gasteiger partial charge in [-0.2, -0.15) is 0 Å². The number of fused-ring (bicyclic) bond motifs is 1. The predicted octanol–water partition coefficient (Wildman–Crippen LogP) is 3.93. The van der Waals surface area contributed by atoms with Crippen LogP contribution in [-0.2, 0) is 0 Å². The van der Waals surface area contributed by atoms with Crippen molar-refractivity contribution in [3.63, 3.8) is 0 Å². The SMILES string of the molecule is CCC1=CC2=CC=C(CC)C2=CC1. The molecule has 0 heteroatoms. The van der Waals surface area contributed by atoms with Crippen molar-refractivity contribution < 1.29 is 0 Å². The molecule has 0 N–H and O–H groups in total. The summed E-state index contributed by atoms with van der Waals surface area (Å²) in [6, 6.07) is 0. The highest BCUT2D eigenvalue weighted by Crippen LogP contribution is 2.34. The summed E-state index contributed by atoms with van der Waals surface area (Å²) >= 11 is 0. The van der Waals surface area contributed by atoms with Gasteiger partial charge in [-0.1, -0.05) is 43.7 Å². The molecular weight excluding hydrogens is 156 g/mol. The summed E-state index contributed by atoms with van der Waals surface area (Å²) in [6.45, 7) is 4.46. The van der Waals surface area contributed by atoms with Crippen molar-refractivity contribution in [3.05, 3.63) is 46.6 Å². The third-order valence-electron chi connectivity index (χ3n) is 2.88. The molecule has 2 aliphatic rings. The zero-order chi connectivity index (χ0) is 9.26. The third-order valence-corrected chi connectivity index (χ3v) is 2.88. The fourth-order valence-corrected chi connectivity index (χ4v) is 2.00.